The fourth-order valence-corrected chi connectivity index (χ4v) is 1.55. The second-order valence-corrected chi connectivity index (χ2v) is 3.53. The molecule has 0 atom stereocenters. The molecule has 0 saturated heterocycles. The first kappa shape index (κ1) is 9.59. The maximum Gasteiger partial charge on any atom is 0.186 e. The third-order valence-electron chi connectivity index (χ3n) is 2.28. The molecule has 0 amide bonds. The van der Waals surface area contributed by atoms with Gasteiger partial charge in [0.15, 0.2) is 11.6 Å². The molecular formula is C13H10O2. The zero-order chi connectivity index (χ0) is 10.8. The van der Waals surface area contributed by atoms with Crippen LogP contribution in [0, 0.1) is 6.92 Å². The number of hydrogen-bond acceptors (Lipinski definition) is 2. The van der Waals surface area contributed by atoms with Crippen LogP contribution >= 0.6 is 0 Å². The third-order valence-corrected chi connectivity index (χ3v) is 2.28. The number of benzene rings is 1. The normalized spacial score (nSPS) is 15.4. The van der Waals surface area contributed by atoms with E-state index in [2.05, 4.69) is 0 Å². The lowest BCUT2D eigenvalue weighted by molar-refractivity contribution is -0.113. The van der Waals surface area contributed by atoms with Crippen LogP contribution in [0.3, 0.4) is 0 Å². The minimum absolute atomic E-state index is 0.111. The lowest BCUT2D eigenvalue weighted by Gasteiger charge is -2.07. The van der Waals surface area contributed by atoms with Gasteiger partial charge in [0.2, 0.25) is 0 Å². The molecule has 0 bridgehead atoms. The monoisotopic (exact) mass is 198 g/mol. The minimum atomic E-state index is -0.133. The topological polar surface area (TPSA) is 34.1 Å². The van der Waals surface area contributed by atoms with Crippen molar-refractivity contribution in [2.45, 2.75) is 6.92 Å². The molecule has 0 radical (unpaired) electrons. The lowest BCUT2D eigenvalue weighted by Crippen LogP contribution is -2.06. The van der Waals surface area contributed by atoms with Gasteiger partial charge in [-0.3, -0.25) is 9.59 Å². The first-order valence-electron chi connectivity index (χ1n) is 4.72. The van der Waals surface area contributed by atoms with Crippen LogP contribution in [-0.2, 0) is 9.59 Å². The van der Waals surface area contributed by atoms with Crippen molar-refractivity contribution >= 4 is 17.1 Å². The number of allylic oxidation sites excluding steroid dienone is 4. The summed E-state index contributed by atoms with van der Waals surface area (Å²) in [7, 11) is 0. The Labute approximate surface area is 87.9 Å². The van der Waals surface area contributed by atoms with E-state index in [4.69, 9.17) is 0 Å². The van der Waals surface area contributed by atoms with E-state index >= 15 is 0 Å². The Balaban J connectivity index is 2.47. The Morgan fingerprint density at radius 2 is 1.87 bits per heavy atom. The van der Waals surface area contributed by atoms with Crippen molar-refractivity contribution in [2.75, 3.05) is 0 Å². The van der Waals surface area contributed by atoms with Gasteiger partial charge in [0.05, 0.1) is 0 Å². The van der Waals surface area contributed by atoms with Gasteiger partial charge in [-0.15, -0.1) is 0 Å². The highest BCUT2D eigenvalue weighted by Gasteiger charge is 2.14. The second-order valence-electron chi connectivity index (χ2n) is 3.53. The van der Waals surface area contributed by atoms with Crippen LogP contribution in [0.5, 0.6) is 0 Å². The number of hydrogen-bond donors (Lipinski definition) is 0. The van der Waals surface area contributed by atoms with Crippen LogP contribution in [0.4, 0.5) is 0 Å². The van der Waals surface area contributed by atoms with Gasteiger partial charge in [0, 0.05) is 5.57 Å². The Hall–Kier alpha value is -1.96. The largest absolute Gasteiger partial charge is 0.290 e. The minimum Gasteiger partial charge on any atom is -0.290 e. The molecule has 0 heterocycles. The van der Waals surface area contributed by atoms with Crippen molar-refractivity contribution in [1.29, 1.82) is 0 Å². The van der Waals surface area contributed by atoms with Gasteiger partial charge in [-0.05, 0) is 30.7 Å². The SMILES string of the molecule is Cc1cccc(C2=CC(=O)C=CC2=O)c1. The second kappa shape index (κ2) is 3.65. The summed E-state index contributed by atoms with van der Waals surface area (Å²) in [6.07, 6.45) is 4.00. The van der Waals surface area contributed by atoms with Crippen molar-refractivity contribution < 1.29 is 9.59 Å². The highest BCUT2D eigenvalue weighted by atomic mass is 16.1. The average molecular weight is 198 g/mol. The molecule has 15 heavy (non-hydrogen) atoms. The zero-order valence-electron chi connectivity index (χ0n) is 8.36. The highest BCUT2D eigenvalue weighted by Crippen LogP contribution is 2.19. The molecule has 0 fully saturated rings. The first-order valence-corrected chi connectivity index (χ1v) is 4.72. The van der Waals surface area contributed by atoms with E-state index in [0.717, 1.165) is 11.1 Å². The molecule has 74 valence electrons. The zero-order valence-corrected chi connectivity index (χ0v) is 8.36. The van der Waals surface area contributed by atoms with Crippen LogP contribution in [0.15, 0.2) is 42.5 Å². The standard InChI is InChI=1S/C13H10O2/c1-9-3-2-4-10(7-9)12-8-11(14)5-6-13(12)15/h2-8H,1H3. The lowest BCUT2D eigenvalue weighted by atomic mass is 9.95. The summed E-state index contributed by atoms with van der Waals surface area (Å²) < 4.78 is 0. The number of carbonyl (C=O) groups is 2. The van der Waals surface area contributed by atoms with E-state index in [0.29, 0.717) is 5.57 Å². The number of aryl methyl sites for hydroxylation is 1. The summed E-state index contributed by atoms with van der Waals surface area (Å²) in [6, 6.07) is 7.57. The molecular weight excluding hydrogens is 188 g/mol. The third kappa shape index (κ3) is 1.94. The molecule has 2 heteroatoms. The van der Waals surface area contributed by atoms with E-state index in [1.807, 2.05) is 31.2 Å². The molecule has 0 aromatic heterocycles. The molecule has 0 spiro atoms. The summed E-state index contributed by atoms with van der Waals surface area (Å²) in [5.74, 6) is -0.244. The average Bonchev–Trinajstić information content (AvgIpc) is 2.22. The summed E-state index contributed by atoms with van der Waals surface area (Å²) in [4.78, 5) is 22.7. The van der Waals surface area contributed by atoms with Crippen LogP contribution in [0.1, 0.15) is 11.1 Å². The van der Waals surface area contributed by atoms with E-state index in [9.17, 15) is 9.59 Å². The fourth-order valence-electron chi connectivity index (χ4n) is 1.55. The summed E-state index contributed by atoms with van der Waals surface area (Å²) in [5, 5.41) is 0. The quantitative estimate of drug-likeness (QED) is 0.647. The van der Waals surface area contributed by atoms with Crippen molar-refractivity contribution in [2.24, 2.45) is 0 Å². The molecule has 1 aliphatic carbocycles. The molecule has 1 aliphatic rings. The molecule has 1 aromatic carbocycles. The van der Waals surface area contributed by atoms with Gasteiger partial charge in [0.25, 0.3) is 0 Å². The van der Waals surface area contributed by atoms with Crippen LogP contribution in [0.2, 0.25) is 0 Å². The van der Waals surface area contributed by atoms with E-state index < -0.39 is 0 Å². The fraction of sp³-hybridized carbons (Fsp3) is 0.0769. The van der Waals surface area contributed by atoms with E-state index in [1.165, 1.54) is 18.2 Å². The molecule has 0 unspecified atom stereocenters. The van der Waals surface area contributed by atoms with Crippen LogP contribution < -0.4 is 0 Å². The van der Waals surface area contributed by atoms with Crippen molar-refractivity contribution in [1.82, 2.24) is 0 Å². The van der Waals surface area contributed by atoms with Crippen molar-refractivity contribution in [3.8, 4) is 0 Å². The molecule has 2 rings (SSSR count). The molecule has 0 aliphatic heterocycles. The Bertz CT molecular complexity index is 493. The summed E-state index contributed by atoms with van der Waals surface area (Å²) in [6.45, 7) is 1.95. The van der Waals surface area contributed by atoms with Gasteiger partial charge in [-0.25, -0.2) is 0 Å². The molecule has 0 N–H and O–H groups in total. The Morgan fingerprint density at radius 1 is 1.07 bits per heavy atom. The first-order chi connectivity index (χ1) is 7.16. The number of rotatable bonds is 1. The van der Waals surface area contributed by atoms with Gasteiger partial charge in [0.1, 0.15) is 0 Å². The molecule has 2 nitrogen and oxygen atoms in total. The Morgan fingerprint density at radius 3 is 2.60 bits per heavy atom. The van der Waals surface area contributed by atoms with Gasteiger partial charge < -0.3 is 0 Å². The number of carbonyl (C=O) groups excluding carboxylic acids is 2. The molecule has 0 saturated carbocycles. The summed E-state index contributed by atoms with van der Waals surface area (Å²) in [5.41, 5.74) is 2.35. The van der Waals surface area contributed by atoms with E-state index in [-0.39, 0.29) is 11.6 Å². The van der Waals surface area contributed by atoms with Crippen LogP contribution in [0.25, 0.3) is 5.57 Å². The van der Waals surface area contributed by atoms with Gasteiger partial charge in [-0.1, -0.05) is 29.8 Å². The Kier molecular flexibility index (Phi) is 2.34. The predicted molar refractivity (Wildman–Crippen MR) is 58.3 cm³/mol. The van der Waals surface area contributed by atoms with Gasteiger partial charge >= 0.3 is 0 Å². The van der Waals surface area contributed by atoms with Crippen molar-refractivity contribution in [3.63, 3.8) is 0 Å². The maximum absolute atomic E-state index is 11.5. The number of ketones is 2. The molecule has 1 aromatic rings. The van der Waals surface area contributed by atoms with Crippen LogP contribution in [-0.4, -0.2) is 11.6 Å². The van der Waals surface area contributed by atoms with Gasteiger partial charge in [-0.2, -0.15) is 0 Å². The predicted octanol–water partition coefficient (Wildman–Crippen LogP) is 2.09. The highest BCUT2D eigenvalue weighted by molar-refractivity contribution is 6.33. The smallest absolute Gasteiger partial charge is 0.186 e. The van der Waals surface area contributed by atoms with E-state index in [1.54, 1.807) is 0 Å². The summed E-state index contributed by atoms with van der Waals surface area (Å²) >= 11 is 0. The maximum atomic E-state index is 11.5. The van der Waals surface area contributed by atoms with Crippen molar-refractivity contribution in [3.05, 3.63) is 53.6 Å².